The first-order valence-corrected chi connectivity index (χ1v) is 12.0. The molecule has 0 unspecified atom stereocenters. The van der Waals surface area contributed by atoms with Crippen molar-refractivity contribution >= 4 is 34.0 Å². The molecule has 5 aromatic rings. The number of aromatic nitrogens is 5. The van der Waals surface area contributed by atoms with Crippen LogP contribution in [0.4, 0.5) is 27.8 Å². The molecule has 0 aliphatic carbocycles. The molecule has 1 aliphatic rings. The molecule has 1 aliphatic heterocycles. The second kappa shape index (κ2) is 9.05. The van der Waals surface area contributed by atoms with E-state index in [0.717, 1.165) is 33.4 Å². The molecule has 0 N–H and O–H groups in total. The highest BCUT2D eigenvalue weighted by atomic mass is 35.5. The smallest absolute Gasteiger partial charge is 0.342 e. The van der Waals surface area contributed by atoms with Crippen LogP contribution in [0.2, 0.25) is 5.02 Å². The number of methoxy groups -OCH3 is 1. The number of ether oxygens (including phenoxy) is 1. The van der Waals surface area contributed by atoms with E-state index in [1.54, 1.807) is 0 Å². The average Bonchev–Trinajstić information content (AvgIpc) is 3.48. The number of pyridine rings is 2. The summed E-state index contributed by atoms with van der Waals surface area (Å²) in [4.78, 5) is 37.4. The lowest BCUT2D eigenvalue weighted by atomic mass is 10.2. The predicted octanol–water partition coefficient (Wildman–Crippen LogP) is 4.11. The van der Waals surface area contributed by atoms with Crippen molar-refractivity contribution in [1.29, 1.82) is 0 Å². The van der Waals surface area contributed by atoms with Crippen LogP contribution in [0, 0.1) is 17.5 Å². The fourth-order valence-electron chi connectivity index (χ4n) is 4.72. The van der Waals surface area contributed by atoms with Gasteiger partial charge in [0.25, 0.3) is 11.5 Å². The summed E-state index contributed by atoms with van der Waals surface area (Å²) in [5, 5.41) is -0.599. The lowest BCUT2D eigenvalue weighted by Crippen LogP contribution is -2.39. The number of halogens is 6. The number of anilines is 1. The molecular formula is C25H16ClF5N6O3. The number of rotatable bonds is 4. The zero-order valence-electron chi connectivity index (χ0n) is 20.3. The summed E-state index contributed by atoms with van der Waals surface area (Å²) < 4.78 is 78.0. The highest BCUT2D eigenvalue weighted by Crippen LogP contribution is 2.34. The number of hydrogen-bond donors (Lipinski definition) is 0. The Balaban J connectivity index is 1.74. The minimum absolute atomic E-state index is 0.00662. The van der Waals surface area contributed by atoms with E-state index < -0.39 is 47.6 Å². The number of fused-ring (bicyclic) bond motifs is 2. The van der Waals surface area contributed by atoms with Crippen LogP contribution in [0.5, 0.6) is 5.88 Å². The number of imidazole rings is 1. The van der Waals surface area contributed by atoms with Gasteiger partial charge in [-0.3, -0.25) is 13.8 Å². The van der Waals surface area contributed by atoms with Crippen molar-refractivity contribution in [1.82, 2.24) is 23.5 Å². The lowest BCUT2D eigenvalue weighted by molar-refractivity contribution is 0.0256. The fourth-order valence-corrected chi connectivity index (χ4v) is 4.89. The van der Waals surface area contributed by atoms with Crippen LogP contribution in [0.25, 0.3) is 28.1 Å². The number of nitrogens with zero attached hydrogens (tertiary/aromatic N) is 6. The molecule has 206 valence electrons. The van der Waals surface area contributed by atoms with E-state index in [9.17, 15) is 31.5 Å². The molecule has 0 spiro atoms. The van der Waals surface area contributed by atoms with Gasteiger partial charge in [-0.1, -0.05) is 11.6 Å². The van der Waals surface area contributed by atoms with Crippen molar-refractivity contribution in [2.75, 3.05) is 25.1 Å². The Morgan fingerprint density at radius 2 is 1.80 bits per heavy atom. The molecule has 5 heterocycles. The third-order valence-electron chi connectivity index (χ3n) is 6.60. The summed E-state index contributed by atoms with van der Waals surface area (Å²) >= 11 is 5.99. The van der Waals surface area contributed by atoms with Crippen LogP contribution in [-0.4, -0.2) is 49.6 Å². The van der Waals surface area contributed by atoms with E-state index in [4.69, 9.17) is 16.3 Å². The molecule has 0 atom stereocenters. The Morgan fingerprint density at radius 1 is 1.02 bits per heavy atom. The lowest BCUT2D eigenvalue weighted by Gasteiger charge is -2.21. The van der Waals surface area contributed by atoms with Crippen molar-refractivity contribution in [2.24, 2.45) is 0 Å². The Kier molecular flexibility index (Phi) is 5.83. The molecule has 40 heavy (non-hydrogen) atoms. The summed E-state index contributed by atoms with van der Waals surface area (Å²) in [5.41, 5.74) is -2.20. The van der Waals surface area contributed by atoms with Crippen molar-refractivity contribution in [2.45, 2.75) is 12.3 Å². The van der Waals surface area contributed by atoms with Crippen LogP contribution in [0.15, 0.2) is 52.3 Å². The first-order chi connectivity index (χ1) is 19.0. The number of alkyl halides is 2. The van der Waals surface area contributed by atoms with Crippen molar-refractivity contribution in [3.63, 3.8) is 0 Å². The van der Waals surface area contributed by atoms with Crippen LogP contribution in [0.3, 0.4) is 0 Å². The standard InChI is InChI=1S/C25H16ClF5N6O3/c1-40-22-21-17(8-19(33-22)34-5-4-25(30,31)11-34)36(12-2-3-14(27)13(26)6-12)24(39)37(23(21)38)20-9-32-18-7-15(28)16(29)10-35(18)20/h2-3,6-10H,4-5,11H2,1H3. The summed E-state index contributed by atoms with van der Waals surface area (Å²) in [6.45, 7) is -0.704. The molecule has 1 aromatic carbocycles. The first-order valence-electron chi connectivity index (χ1n) is 11.7. The molecule has 1 saturated heterocycles. The summed E-state index contributed by atoms with van der Waals surface area (Å²) in [5.74, 6) is -6.76. The first kappa shape index (κ1) is 25.8. The van der Waals surface area contributed by atoms with E-state index in [1.807, 2.05) is 0 Å². The van der Waals surface area contributed by atoms with Gasteiger partial charge < -0.3 is 9.64 Å². The third-order valence-corrected chi connectivity index (χ3v) is 6.89. The Morgan fingerprint density at radius 3 is 2.48 bits per heavy atom. The molecule has 0 bridgehead atoms. The van der Waals surface area contributed by atoms with Crippen molar-refractivity contribution in [3.8, 4) is 17.4 Å². The Hall–Kier alpha value is -4.46. The average molecular weight is 579 g/mol. The van der Waals surface area contributed by atoms with E-state index in [2.05, 4.69) is 9.97 Å². The third kappa shape index (κ3) is 3.97. The van der Waals surface area contributed by atoms with E-state index >= 15 is 0 Å². The maximum atomic E-state index is 14.1. The second-order valence-electron chi connectivity index (χ2n) is 9.08. The van der Waals surface area contributed by atoms with Crippen molar-refractivity contribution in [3.05, 3.63) is 86.0 Å². The quantitative estimate of drug-likeness (QED) is 0.299. The summed E-state index contributed by atoms with van der Waals surface area (Å²) in [7, 11) is 1.20. The van der Waals surface area contributed by atoms with Gasteiger partial charge in [0, 0.05) is 25.1 Å². The molecule has 6 rings (SSSR count). The fraction of sp³-hybridized carbons (Fsp3) is 0.200. The number of hydrogen-bond acceptors (Lipinski definition) is 6. The Bertz CT molecular complexity index is 1970. The largest absolute Gasteiger partial charge is 0.480 e. The van der Waals surface area contributed by atoms with E-state index in [1.165, 1.54) is 24.1 Å². The molecule has 15 heteroatoms. The van der Waals surface area contributed by atoms with Crippen molar-refractivity contribution < 1.29 is 26.7 Å². The molecule has 0 saturated carbocycles. The molecular weight excluding hydrogens is 563 g/mol. The highest BCUT2D eigenvalue weighted by molar-refractivity contribution is 6.30. The monoisotopic (exact) mass is 578 g/mol. The topological polar surface area (TPSA) is 86.7 Å². The molecule has 4 aromatic heterocycles. The molecule has 9 nitrogen and oxygen atoms in total. The van der Waals surface area contributed by atoms with Gasteiger partial charge in [-0.05, 0) is 18.2 Å². The van der Waals surface area contributed by atoms with Crippen LogP contribution in [-0.2, 0) is 0 Å². The van der Waals surface area contributed by atoms with E-state index in [0.29, 0.717) is 10.8 Å². The van der Waals surface area contributed by atoms with Gasteiger partial charge in [0.2, 0.25) is 5.88 Å². The maximum Gasteiger partial charge on any atom is 0.342 e. The number of benzene rings is 1. The van der Waals surface area contributed by atoms with Gasteiger partial charge >= 0.3 is 5.69 Å². The van der Waals surface area contributed by atoms with Gasteiger partial charge in [0.1, 0.15) is 28.5 Å². The summed E-state index contributed by atoms with van der Waals surface area (Å²) in [6, 6.07) is 5.40. The Labute approximate surface area is 225 Å². The molecule has 0 radical (unpaired) electrons. The minimum atomic E-state index is -2.98. The highest BCUT2D eigenvalue weighted by Gasteiger charge is 2.39. The normalized spacial score (nSPS) is 14.9. The zero-order valence-corrected chi connectivity index (χ0v) is 21.1. The molecule has 0 amide bonds. The van der Waals surface area contributed by atoms with Crippen LogP contribution >= 0.6 is 11.6 Å². The van der Waals surface area contributed by atoms with Gasteiger partial charge in [-0.25, -0.2) is 36.3 Å². The molecule has 1 fully saturated rings. The SMILES string of the molecule is COc1nc(N2CCC(F)(F)C2)cc2c1c(=O)n(-c1cnc3cc(F)c(F)cn13)c(=O)n2-c1ccc(F)c(Cl)c1. The van der Waals surface area contributed by atoms with Gasteiger partial charge in [0.15, 0.2) is 11.6 Å². The minimum Gasteiger partial charge on any atom is -0.480 e. The van der Waals surface area contributed by atoms with Gasteiger partial charge in [-0.2, -0.15) is 4.98 Å². The van der Waals surface area contributed by atoms with Crippen LogP contribution < -0.4 is 20.9 Å². The van der Waals surface area contributed by atoms with Gasteiger partial charge in [0.05, 0.1) is 42.3 Å². The summed E-state index contributed by atoms with van der Waals surface area (Å²) in [6.07, 6.45) is 1.35. The van der Waals surface area contributed by atoms with Crippen LogP contribution in [0.1, 0.15) is 6.42 Å². The predicted molar refractivity (Wildman–Crippen MR) is 135 cm³/mol. The second-order valence-corrected chi connectivity index (χ2v) is 9.49. The van der Waals surface area contributed by atoms with E-state index in [-0.39, 0.29) is 51.3 Å². The maximum absolute atomic E-state index is 14.1. The van der Waals surface area contributed by atoms with Gasteiger partial charge in [-0.15, -0.1) is 0 Å². The zero-order chi connectivity index (χ0) is 28.5.